The van der Waals surface area contributed by atoms with E-state index in [-0.39, 0.29) is 12.0 Å². The predicted octanol–water partition coefficient (Wildman–Crippen LogP) is 4.02. The molecule has 6 nitrogen and oxygen atoms in total. The van der Waals surface area contributed by atoms with Crippen LogP contribution in [0.15, 0.2) is 18.2 Å². The molecule has 1 aromatic carbocycles. The van der Waals surface area contributed by atoms with E-state index in [4.69, 9.17) is 18.8 Å². The SMILES string of the molecule is COC(=O)c1c(C)n([C@@H](C)C2CCOCC2)c2cc(B3OC(C)(C)C(C)(C)O3)ccc12. The Kier molecular flexibility index (Phi) is 5.73. The van der Waals surface area contributed by atoms with Crippen LogP contribution >= 0.6 is 0 Å². The van der Waals surface area contributed by atoms with Gasteiger partial charge < -0.3 is 23.3 Å². The van der Waals surface area contributed by atoms with Crippen molar-refractivity contribution in [1.82, 2.24) is 4.57 Å². The van der Waals surface area contributed by atoms with Crippen molar-refractivity contribution in [2.24, 2.45) is 5.92 Å². The van der Waals surface area contributed by atoms with Gasteiger partial charge in [0.2, 0.25) is 0 Å². The molecule has 2 fully saturated rings. The van der Waals surface area contributed by atoms with Crippen LogP contribution < -0.4 is 5.46 Å². The molecule has 1 atom stereocenters. The molecule has 0 spiro atoms. The maximum absolute atomic E-state index is 12.7. The average molecular weight is 427 g/mol. The summed E-state index contributed by atoms with van der Waals surface area (Å²) in [5.41, 5.74) is 2.74. The molecule has 2 aliphatic heterocycles. The molecule has 0 N–H and O–H groups in total. The number of ether oxygens (including phenoxy) is 2. The van der Waals surface area contributed by atoms with Crippen molar-refractivity contribution in [3.05, 3.63) is 29.5 Å². The number of hydrogen-bond donors (Lipinski definition) is 0. The molecular formula is C24H34BNO5. The minimum atomic E-state index is -0.446. The quantitative estimate of drug-likeness (QED) is 0.545. The van der Waals surface area contributed by atoms with Crippen molar-refractivity contribution in [3.8, 4) is 0 Å². The largest absolute Gasteiger partial charge is 0.494 e. The van der Waals surface area contributed by atoms with E-state index < -0.39 is 18.3 Å². The summed E-state index contributed by atoms with van der Waals surface area (Å²) in [6.07, 6.45) is 2.04. The number of rotatable bonds is 4. The van der Waals surface area contributed by atoms with Gasteiger partial charge in [0.05, 0.1) is 23.9 Å². The van der Waals surface area contributed by atoms with E-state index in [1.165, 1.54) is 7.11 Å². The van der Waals surface area contributed by atoms with Gasteiger partial charge in [0.25, 0.3) is 0 Å². The molecule has 0 radical (unpaired) electrons. The number of esters is 1. The highest BCUT2D eigenvalue weighted by molar-refractivity contribution is 6.62. The minimum Gasteiger partial charge on any atom is -0.465 e. The molecular weight excluding hydrogens is 393 g/mol. The normalized spacial score (nSPS) is 22.1. The van der Waals surface area contributed by atoms with E-state index in [0.717, 1.165) is 48.1 Å². The first-order valence-corrected chi connectivity index (χ1v) is 11.2. The number of carbonyl (C=O) groups is 1. The van der Waals surface area contributed by atoms with Crippen LogP contribution in [-0.4, -0.2) is 49.2 Å². The summed E-state index contributed by atoms with van der Waals surface area (Å²) in [5.74, 6) is 0.192. The van der Waals surface area contributed by atoms with Crippen LogP contribution in [0.1, 0.15) is 69.6 Å². The highest BCUT2D eigenvalue weighted by Crippen LogP contribution is 2.38. The molecule has 2 aliphatic rings. The third-order valence-electron chi connectivity index (χ3n) is 7.54. The summed E-state index contributed by atoms with van der Waals surface area (Å²) < 4.78 is 25.6. The second kappa shape index (κ2) is 7.94. The van der Waals surface area contributed by atoms with Crippen molar-refractivity contribution >= 4 is 29.5 Å². The number of hydrogen-bond acceptors (Lipinski definition) is 5. The fourth-order valence-electron chi connectivity index (χ4n) is 4.87. The standard InChI is InChI=1S/C24H34BNO5/c1-15(17-10-12-29-13-11-17)26-16(2)21(22(27)28-7)19-9-8-18(14-20(19)26)25-30-23(3,4)24(5,6)31-25/h8-9,14-15,17H,10-13H2,1-7H3/t15-/m0/s1. The van der Waals surface area contributed by atoms with Crippen molar-refractivity contribution in [1.29, 1.82) is 0 Å². The Balaban J connectivity index is 1.82. The molecule has 0 amide bonds. The van der Waals surface area contributed by atoms with Crippen LogP contribution in [0, 0.1) is 12.8 Å². The lowest BCUT2D eigenvalue weighted by atomic mass is 9.78. The third-order valence-corrected chi connectivity index (χ3v) is 7.54. The molecule has 4 rings (SSSR count). The zero-order valence-corrected chi connectivity index (χ0v) is 19.8. The Morgan fingerprint density at radius 1 is 1.16 bits per heavy atom. The van der Waals surface area contributed by atoms with Gasteiger partial charge >= 0.3 is 13.1 Å². The maximum Gasteiger partial charge on any atom is 0.494 e. The summed E-state index contributed by atoms with van der Waals surface area (Å²) in [6, 6.07) is 6.35. The number of fused-ring (bicyclic) bond motifs is 1. The molecule has 0 saturated carbocycles. The number of aromatic nitrogens is 1. The van der Waals surface area contributed by atoms with Gasteiger partial charge in [0.15, 0.2) is 0 Å². The van der Waals surface area contributed by atoms with Crippen molar-refractivity contribution in [2.45, 2.75) is 71.6 Å². The molecule has 2 aromatic rings. The second-order valence-corrected chi connectivity index (χ2v) is 9.88. The lowest BCUT2D eigenvalue weighted by Gasteiger charge is -2.32. The second-order valence-electron chi connectivity index (χ2n) is 9.88. The average Bonchev–Trinajstić information content (AvgIpc) is 3.15. The lowest BCUT2D eigenvalue weighted by Crippen LogP contribution is -2.41. The summed E-state index contributed by atoms with van der Waals surface area (Å²) in [6.45, 7) is 14.1. The van der Waals surface area contributed by atoms with Crippen LogP contribution in [0.4, 0.5) is 0 Å². The van der Waals surface area contributed by atoms with E-state index in [1.54, 1.807) is 0 Å². The van der Waals surface area contributed by atoms with Crippen LogP contribution in [0.25, 0.3) is 10.9 Å². The van der Waals surface area contributed by atoms with Crippen LogP contribution in [0.5, 0.6) is 0 Å². The monoisotopic (exact) mass is 427 g/mol. The summed E-state index contributed by atoms with van der Waals surface area (Å²) in [5, 5.41) is 0.906. The van der Waals surface area contributed by atoms with Gasteiger partial charge in [-0.05, 0) is 71.8 Å². The molecule has 168 valence electrons. The maximum atomic E-state index is 12.7. The molecule has 31 heavy (non-hydrogen) atoms. The van der Waals surface area contributed by atoms with Crippen LogP contribution in [0.3, 0.4) is 0 Å². The Hall–Kier alpha value is -1.83. The zero-order chi connectivity index (χ0) is 22.6. The van der Waals surface area contributed by atoms with Gasteiger partial charge in [-0.3, -0.25) is 0 Å². The van der Waals surface area contributed by atoms with E-state index in [2.05, 4.69) is 45.3 Å². The Labute approximate surface area is 185 Å². The van der Waals surface area contributed by atoms with Crippen LogP contribution in [-0.2, 0) is 18.8 Å². The Morgan fingerprint density at radius 2 is 1.77 bits per heavy atom. The smallest absolute Gasteiger partial charge is 0.465 e. The third kappa shape index (κ3) is 3.71. The number of nitrogens with zero attached hydrogens (tertiary/aromatic N) is 1. The lowest BCUT2D eigenvalue weighted by molar-refractivity contribution is 0.00578. The first-order valence-electron chi connectivity index (χ1n) is 11.2. The molecule has 1 aromatic heterocycles. The van der Waals surface area contributed by atoms with E-state index in [0.29, 0.717) is 11.5 Å². The van der Waals surface area contributed by atoms with Gasteiger partial charge in [0, 0.05) is 35.9 Å². The predicted molar refractivity (Wildman–Crippen MR) is 122 cm³/mol. The highest BCUT2D eigenvalue weighted by Gasteiger charge is 2.51. The first-order chi connectivity index (χ1) is 14.6. The zero-order valence-electron chi connectivity index (χ0n) is 19.8. The minimum absolute atomic E-state index is 0.235. The van der Waals surface area contributed by atoms with Crippen molar-refractivity contribution in [3.63, 3.8) is 0 Å². The van der Waals surface area contributed by atoms with Gasteiger partial charge in [0.1, 0.15) is 0 Å². The fraction of sp³-hybridized carbons (Fsp3) is 0.625. The number of methoxy groups -OCH3 is 1. The molecule has 2 saturated heterocycles. The van der Waals surface area contributed by atoms with E-state index in [9.17, 15) is 4.79 Å². The van der Waals surface area contributed by atoms with Gasteiger partial charge in [-0.15, -0.1) is 0 Å². The Bertz CT molecular complexity index is 974. The topological polar surface area (TPSA) is 58.9 Å². The first kappa shape index (κ1) is 22.4. The molecule has 3 heterocycles. The summed E-state index contributed by atoms with van der Waals surface area (Å²) in [4.78, 5) is 12.7. The molecule has 0 bridgehead atoms. The number of carbonyl (C=O) groups excluding carboxylic acids is 1. The van der Waals surface area contributed by atoms with Gasteiger partial charge in [-0.25, -0.2) is 4.79 Å². The van der Waals surface area contributed by atoms with E-state index >= 15 is 0 Å². The van der Waals surface area contributed by atoms with Gasteiger partial charge in [-0.2, -0.15) is 0 Å². The molecule has 0 aliphatic carbocycles. The molecule has 7 heteroatoms. The summed E-state index contributed by atoms with van der Waals surface area (Å²) >= 11 is 0. The highest BCUT2D eigenvalue weighted by atomic mass is 16.7. The Morgan fingerprint density at radius 3 is 2.35 bits per heavy atom. The molecule has 0 unspecified atom stereocenters. The summed E-state index contributed by atoms with van der Waals surface area (Å²) in [7, 11) is 0.990. The van der Waals surface area contributed by atoms with Crippen molar-refractivity contribution in [2.75, 3.05) is 20.3 Å². The van der Waals surface area contributed by atoms with E-state index in [1.807, 2.05) is 19.1 Å². The van der Waals surface area contributed by atoms with Crippen LogP contribution in [0.2, 0.25) is 0 Å². The fourth-order valence-corrected chi connectivity index (χ4v) is 4.87. The van der Waals surface area contributed by atoms with Crippen molar-refractivity contribution < 1.29 is 23.6 Å². The van der Waals surface area contributed by atoms with Gasteiger partial charge in [-0.1, -0.05) is 12.1 Å². The number of benzene rings is 1.